The Morgan fingerprint density at radius 3 is 2.16 bits per heavy atom. The number of rotatable bonds is 5. The van der Waals surface area contributed by atoms with Crippen molar-refractivity contribution < 1.29 is 5.11 Å². The highest BCUT2D eigenvalue weighted by atomic mass is 16.3. The van der Waals surface area contributed by atoms with Crippen molar-refractivity contribution in [3.05, 3.63) is 108 Å². The third kappa shape index (κ3) is 3.35. The second-order valence-electron chi connectivity index (χ2n) is 6.42. The van der Waals surface area contributed by atoms with Crippen LogP contribution in [0, 0.1) is 0 Å². The molecular weight excluding hydrogens is 306 g/mol. The van der Waals surface area contributed by atoms with Crippen LogP contribution < -0.4 is 0 Å². The molecule has 3 aromatic carbocycles. The minimum absolute atomic E-state index is 0.489. The van der Waals surface area contributed by atoms with Crippen LogP contribution in [0.1, 0.15) is 22.8 Å². The molecule has 4 rings (SSSR count). The largest absolute Gasteiger partial charge is 0.388 e. The van der Waals surface area contributed by atoms with Crippen molar-refractivity contribution in [2.75, 3.05) is 0 Å². The SMILES string of the molecule is OC(Cc1cn(Cc2ccccc2)c2ccccc12)c1ccccc1. The minimum Gasteiger partial charge on any atom is -0.388 e. The van der Waals surface area contributed by atoms with Gasteiger partial charge in [0.2, 0.25) is 0 Å². The van der Waals surface area contributed by atoms with E-state index in [0.717, 1.165) is 12.1 Å². The Morgan fingerprint density at radius 1 is 0.760 bits per heavy atom. The molecule has 2 heteroatoms. The molecule has 0 saturated heterocycles. The molecule has 1 aromatic heterocycles. The van der Waals surface area contributed by atoms with Gasteiger partial charge in [0.05, 0.1) is 6.10 Å². The highest BCUT2D eigenvalue weighted by Gasteiger charge is 2.14. The highest BCUT2D eigenvalue weighted by Crippen LogP contribution is 2.27. The topological polar surface area (TPSA) is 25.2 Å². The van der Waals surface area contributed by atoms with Gasteiger partial charge in [0, 0.05) is 30.1 Å². The van der Waals surface area contributed by atoms with Gasteiger partial charge in [-0.3, -0.25) is 0 Å². The number of aliphatic hydroxyl groups excluding tert-OH is 1. The molecule has 0 aliphatic heterocycles. The van der Waals surface area contributed by atoms with Crippen molar-refractivity contribution in [1.82, 2.24) is 4.57 Å². The molecule has 0 bridgehead atoms. The molecule has 1 N–H and O–H groups in total. The summed E-state index contributed by atoms with van der Waals surface area (Å²) >= 11 is 0. The Kier molecular flexibility index (Phi) is 4.36. The van der Waals surface area contributed by atoms with E-state index >= 15 is 0 Å². The molecule has 2 nitrogen and oxygen atoms in total. The average molecular weight is 327 g/mol. The summed E-state index contributed by atoms with van der Waals surface area (Å²) < 4.78 is 2.28. The number of benzene rings is 3. The molecule has 0 radical (unpaired) electrons. The number of hydrogen-bond acceptors (Lipinski definition) is 1. The van der Waals surface area contributed by atoms with Crippen molar-refractivity contribution in [1.29, 1.82) is 0 Å². The van der Waals surface area contributed by atoms with Crippen LogP contribution >= 0.6 is 0 Å². The van der Waals surface area contributed by atoms with Gasteiger partial charge in [0.25, 0.3) is 0 Å². The van der Waals surface area contributed by atoms with E-state index in [1.165, 1.54) is 22.0 Å². The van der Waals surface area contributed by atoms with Crippen molar-refractivity contribution in [2.24, 2.45) is 0 Å². The summed E-state index contributed by atoms with van der Waals surface area (Å²) in [6.07, 6.45) is 2.31. The van der Waals surface area contributed by atoms with E-state index in [2.05, 4.69) is 59.3 Å². The lowest BCUT2D eigenvalue weighted by Crippen LogP contribution is -2.01. The quantitative estimate of drug-likeness (QED) is 0.550. The van der Waals surface area contributed by atoms with Crippen LogP contribution in [-0.4, -0.2) is 9.67 Å². The maximum absolute atomic E-state index is 10.6. The number of fused-ring (bicyclic) bond motifs is 1. The lowest BCUT2D eigenvalue weighted by molar-refractivity contribution is 0.179. The van der Waals surface area contributed by atoms with E-state index in [-0.39, 0.29) is 0 Å². The Bertz CT molecular complexity index is 957. The fraction of sp³-hybridized carbons (Fsp3) is 0.130. The molecule has 0 aliphatic rings. The van der Waals surface area contributed by atoms with Gasteiger partial charge in [-0.25, -0.2) is 0 Å². The highest BCUT2D eigenvalue weighted by molar-refractivity contribution is 5.84. The predicted octanol–water partition coefficient (Wildman–Crippen LogP) is 4.97. The third-order valence-corrected chi connectivity index (χ3v) is 4.66. The van der Waals surface area contributed by atoms with Crippen LogP contribution in [0.15, 0.2) is 91.1 Å². The summed E-state index contributed by atoms with van der Waals surface area (Å²) in [5.74, 6) is 0. The molecule has 0 amide bonds. The first-order valence-electron chi connectivity index (χ1n) is 8.65. The van der Waals surface area contributed by atoms with E-state index in [4.69, 9.17) is 0 Å². The number of para-hydroxylation sites is 1. The minimum atomic E-state index is -0.489. The standard InChI is InChI=1S/C23H21NO/c25-23(19-11-5-2-6-12-19)15-20-17-24(16-18-9-3-1-4-10-18)22-14-8-7-13-21(20)22/h1-14,17,23,25H,15-16H2. The fourth-order valence-corrected chi connectivity index (χ4v) is 3.40. The monoisotopic (exact) mass is 327 g/mol. The zero-order chi connectivity index (χ0) is 17.1. The Balaban J connectivity index is 1.67. The normalized spacial score (nSPS) is 12.4. The maximum atomic E-state index is 10.6. The molecule has 4 aromatic rings. The zero-order valence-corrected chi connectivity index (χ0v) is 14.0. The second kappa shape index (κ2) is 6.96. The summed E-state index contributed by atoms with van der Waals surface area (Å²) in [7, 11) is 0. The van der Waals surface area contributed by atoms with Gasteiger partial charge in [-0.2, -0.15) is 0 Å². The Labute approximate surface area is 148 Å². The molecule has 124 valence electrons. The summed E-state index contributed by atoms with van der Waals surface area (Å²) in [6, 6.07) is 28.8. The fourth-order valence-electron chi connectivity index (χ4n) is 3.40. The van der Waals surface area contributed by atoms with Crippen molar-refractivity contribution in [3.8, 4) is 0 Å². The van der Waals surface area contributed by atoms with Crippen molar-refractivity contribution >= 4 is 10.9 Å². The van der Waals surface area contributed by atoms with Gasteiger partial charge in [-0.15, -0.1) is 0 Å². The molecule has 0 spiro atoms. The third-order valence-electron chi connectivity index (χ3n) is 4.66. The zero-order valence-electron chi connectivity index (χ0n) is 14.0. The Hall–Kier alpha value is -2.84. The van der Waals surface area contributed by atoms with Crippen LogP contribution in [0.2, 0.25) is 0 Å². The number of hydrogen-bond donors (Lipinski definition) is 1. The molecule has 25 heavy (non-hydrogen) atoms. The molecule has 0 fully saturated rings. The summed E-state index contributed by atoms with van der Waals surface area (Å²) in [4.78, 5) is 0. The van der Waals surface area contributed by atoms with Crippen molar-refractivity contribution in [3.63, 3.8) is 0 Å². The van der Waals surface area contributed by atoms with Gasteiger partial charge in [-0.05, 0) is 22.8 Å². The molecule has 1 heterocycles. The van der Waals surface area contributed by atoms with Gasteiger partial charge >= 0.3 is 0 Å². The Morgan fingerprint density at radius 2 is 1.40 bits per heavy atom. The van der Waals surface area contributed by atoms with Gasteiger partial charge in [0.15, 0.2) is 0 Å². The van der Waals surface area contributed by atoms with Crippen LogP contribution in [-0.2, 0) is 13.0 Å². The molecule has 1 unspecified atom stereocenters. The van der Waals surface area contributed by atoms with E-state index in [1.54, 1.807) is 0 Å². The molecule has 1 atom stereocenters. The van der Waals surface area contributed by atoms with Crippen LogP contribution in [0.4, 0.5) is 0 Å². The second-order valence-corrected chi connectivity index (χ2v) is 6.42. The lowest BCUT2D eigenvalue weighted by Gasteiger charge is -2.10. The predicted molar refractivity (Wildman–Crippen MR) is 103 cm³/mol. The van der Waals surface area contributed by atoms with Crippen LogP contribution in [0.5, 0.6) is 0 Å². The van der Waals surface area contributed by atoms with Crippen LogP contribution in [0.25, 0.3) is 10.9 Å². The average Bonchev–Trinajstić information content (AvgIpc) is 3.01. The van der Waals surface area contributed by atoms with E-state index < -0.39 is 6.10 Å². The first-order chi connectivity index (χ1) is 12.3. The van der Waals surface area contributed by atoms with E-state index in [1.807, 2.05) is 36.4 Å². The van der Waals surface area contributed by atoms with Gasteiger partial charge < -0.3 is 9.67 Å². The summed E-state index contributed by atoms with van der Waals surface area (Å²) in [5, 5.41) is 11.8. The molecule has 0 saturated carbocycles. The van der Waals surface area contributed by atoms with Crippen molar-refractivity contribution in [2.45, 2.75) is 19.1 Å². The van der Waals surface area contributed by atoms with E-state index in [9.17, 15) is 5.11 Å². The molecule has 0 aliphatic carbocycles. The first kappa shape index (κ1) is 15.7. The maximum Gasteiger partial charge on any atom is 0.0831 e. The summed E-state index contributed by atoms with van der Waals surface area (Å²) in [5.41, 5.74) is 4.63. The number of aliphatic hydroxyl groups is 1. The smallest absolute Gasteiger partial charge is 0.0831 e. The number of aromatic nitrogens is 1. The van der Waals surface area contributed by atoms with Gasteiger partial charge in [0.1, 0.15) is 0 Å². The first-order valence-corrected chi connectivity index (χ1v) is 8.65. The van der Waals surface area contributed by atoms with Gasteiger partial charge in [-0.1, -0.05) is 78.9 Å². The lowest BCUT2D eigenvalue weighted by atomic mass is 10.0. The summed E-state index contributed by atoms with van der Waals surface area (Å²) in [6.45, 7) is 0.836. The molecular formula is C23H21NO. The van der Waals surface area contributed by atoms with Crippen LogP contribution in [0.3, 0.4) is 0 Å². The number of nitrogens with zero attached hydrogens (tertiary/aromatic N) is 1. The van der Waals surface area contributed by atoms with E-state index in [0.29, 0.717) is 6.42 Å².